The number of hydrogen-bond donors (Lipinski definition) is 2. The molecule has 0 bridgehead atoms. The van der Waals surface area contributed by atoms with Gasteiger partial charge in [-0.25, -0.2) is 10.2 Å². The van der Waals surface area contributed by atoms with Crippen molar-refractivity contribution in [2.45, 2.75) is 40.5 Å². The molecule has 0 unspecified atom stereocenters. The van der Waals surface area contributed by atoms with E-state index in [1.54, 1.807) is 0 Å². The molecule has 0 aromatic carbocycles. The Kier molecular flexibility index (Phi) is 4.22. The van der Waals surface area contributed by atoms with Gasteiger partial charge in [-0.1, -0.05) is 20.8 Å². The van der Waals surface area contributed by atoms with E-state index in [0.717, 1.165) is 18.6 Å². The van der Waals surface area contributed by atoms with E-state index < -0.39 is 6.03 Å². The highest BCUT2D eigenvalue weighted by Gasteiger charge is 2.56. The summed E-state index contributed by atoms with van der Waals surface area (Å²) in [5.74, 6) is -0.356. The van der Waals surface area contributed by atoms with Crippen molar-refractivity contribution in [2.75, 3.05) is 7.11 Å². The van der Waals surface area contributed by atoms with Crippen molar-refractivity contribution in [3.63, 3.8) is 0 Å². The van der Waals surface area contributed by atoms with Crippen LogP contribution in [0.2, 0.25) is 0 Å². The van der Waals surface area contributed by atoms with Crippen LogP contribution in [-0.2, 0) is 9.53 Å². The van der Waals surface area contributed by atoms with Crippen LogP contribution in [0.25, 0.3) is 0 Å². The number of primary amides is 1. The van der Waals surface area contributed by atoms with Crippen molar-refractivity contribution in [2.24, 2.45) is 27.6 Å². The van der Waals surface area contributed by atoms with Gasteiger partial charge in [-0.15, -0.1) is 0 Å². The number of ether oxygens (including phenoxy) is 1. The minimum atomic E-state index is -0.691. The van der Waals surface area contributed by atoms with Crippen LogP contribution in [0.4, 0.5) is 4.79 Å². The van der Waals surface area contributed by atoms with Gasteiger partial charge in [0, 0.05) is 11.1 Å². The predicted octanol–water partition coefficient (Wildman–Crippen LogP) is 1.65. The minimum absolute atomic E-state index is 0.166. The third-order valence-corrected chi connectivity index (χ3v) is 4.84. The Bertz CT molecular complexity index is 417. The molecule has 6 heteroatoms. The number of carbonyl (C=O) groups is 2. The number of esters is 1. The Balaban J connectivity index is 3.03. The Hall–Kier alpha value is -1.59. The highest BCUT2D eigenvalue weighted by atomic mass is 16.5. The standard InChI is InChI=1S/C13H23N3O3/c1-8(15-16-11(14)18)13(4)7-6-9(10(17)19-5)12(13,2)3/h9H,6-7H2,1-5H3,(H3,14,16,18)/b15-8+/t9-,13+/m1/s1. The van der Waals surface area contributed by atoms with Crippen LogP contribution in [0.5, 0.6) is 0 Å². The first kappa shape index (κ1) is 15.5. The Morgan fingerprint density at radius 2 is 1.95 bits per heavy atom. The smallest absolute Gasteiger partial charge is 0.332 e. The van der Waals surface area contributed by atoms with Crippen LogP contribution in [0, 0.1) is 16.7 Å². The molecule has 0 spiro atoms. The number of nitrogens with two attached hydrogens (primary N) is 1. The molecule has 6 nitrogen and oxygen atoms in total. The van der Waals surface area contributed by atoms with Gasteiger partial charge in [0.1, 0.15) is 0 Å². The summed E-state index contributed by atoms with van der Waals surface area (Å²) >= 11 is 0. The van der Waals surface area contributed by atoms with E-state index in [4.69, 9.17) is 10.5 Å². The zero-order chi connectivity index (χ0) is 14.8. The van der Waals surface area contributed by atoms with Gasteiger partial charge in [0.15, 0.2) is 0 Å². The molecule has 0 heterocycles. The Labute approximate surface area is 113 Å². The summed E-state index contributed by atoms with van der Waals surface area (Å²) in [4.78, 5) is 22.6. The van der Waals surface area contributed by atoms with E-state index in [2.05, 4.69) is 17.5 Å². The quantitative estimate of drug-likeness (QED) is 0.463. The molecule has 1 rings (SSSR count). The number of hydrogen-bond acceptors (Lipinski definition) is 4. The highest BCUT2D eigenvalue weighted by molar-refractivity contribution is 5.91. The van der Waals surface area contributed by atoms with E-state index in [1.807, 2.05) is 20.8 Å². The van der Waals surface area contributed by atoms with Crippen molar-refractivity contribution in [1.82, 2.24) is 5.43 Å². The van der Waals surface area contributed by atoms with Crippen LogP contribution in [0.3, 0.4) is 0 Å². The van der Waals surface area contributed by atoms with E-state index in [9.17, 15) is 9.59 Å². The summed E-state index contributed by atoms with van der Waals surface area (Å²) in [6.07, 6.45) is 1.56. The number of carbonyl (C=O) groups excluding carboxylic acids is 2. The lowest BCUT2D eigenvalue weighted by atomic mass is 9.63. The minimum Gasteiger partial charge on any atom is -0.469 e. The first-order valence-corrected chi connectivity index (χ1v) is 6.35. The first-order chi connectivity index (χ1) is 8.66. The van der Waals surface area contributed by atoms with Gasteiger partial charge in [-0.05, 0) is 25.2 Å². The summed E-state index contributed by atoms with van der Waals surface area (Å²) in [5, 5.41) is 4.03. The lowest BCUT2D eigenvalue weighted by Crippen LogP contribution is -2.43. The summed E-state index contributed by atoms with van der Waals surface area (Å²) in [6.45, 7) is 7.96. The van der Waals surface area contributed by atoms with Gasteiger partial charge in [-0.2, -0.15) is 5.10 Å². The van der Waals surface area contributed by atoms with E-state index in [0.29, 0.717) is 0 Å². The van der Waals surface area contributed by atoms with Crippen LogP contribution < -0.4 is 11.2 Å². The van der Waals surface area contributed by atoms with Crippen LogP contribution in [0.15, 0.2) is 5.10 Å². The van der Waals surface area contributed by atoms with Crippen molar-refractivity contribution in [3.05, 3.63) is 0 Å². The fourth-order valence-corrected chi connectivity index (χ4v) is 2.96. The fourth-order valence-electron chi connectivity index (χ4n) is 2.96. The highest BCUT2D eigenvalue weighted by Crippen LogP contribution is 2.56. The average Bonchev–Trinajstić information content (AvgIpc) is 2.57. The number of urea groups is 1. The van der Waals surface area contributed by atoms with Gasteiger partial charge < -0.3 is 10.5 Å². The van der Waals surface area contributed by atoms with Crippen LogP contribution in [-0.4, -0.2) is 24.8 Å². The molecule has 3 N–H and O–H groups in total. The normalized spacial score (nSPS) is 29.9. The second-order valence-electron chi connectivity index (χ2n) is 5.84. The molecule has 1 saturated carbocycles. The van der Waals surface area contributed by atoms with E-state index in [-0.39, 0.29) is 22.7 Å². The maximum atomic E-state index is 11.9. The second kappa shape index (κ2) is 5.19. The van der Waals surface area contributed by atoms with Crippen LogP contribution >= 0.6 is 0 Å². The molecule has 108 valence electrons. The molecular weight excluding hydrogens is 246 g/mol. The number of nitrogens with one attached hydrogen (secondary N) is 1. The van der Waals surface area contributed by atoms with Gasteiger partial charge in [0.25, 0.3) is 0 Å². The molecule has 0 saturated heterocycles. The zero-order valence-electron chi connectivity index (χ0n) is 12.2. The Morgan fingerprint density at radius 3 is 2.42 bits per heavy atom. The molecule has 0 aliphatic heterocycles. The molecule has 0 aromatic heterocycles. The van der Waals surface area contributed by atoms with E-state index in [1.165, 1.54) is 7.11 Å². The molecule has 0 radical (unpaired) electrons. The third-order valence-electron chi connectivity index (χ3n) is 4.84. The third kappa shape index (κ3) is 2.57. The first-order valence-electron chi connectivity index (χ1n) is 6.35. The molecule has 19 heavy (non-hydrogen) atoms. The van der Waals surface area contributed by atoms with Gasteiger partial charge in [0.2, 0.25) is 0 Å². The average molecular weight is 269 g/mol. The van der Waals surface area contributed by atoms with Crippen molar-refractivity contribution >= 4 is 17.7 Å². The molecule has 1 aliphatic rings. The maximum Gasteiger partial charge on any atom is 0.332 e. The molecule has 0 aromatic rings. The number of nitrogens with zero attached hydrogens (tertiary/aromatic N) is 1. The van der Waals surface area contributed by atoms with Crippen LogP contribution in [0.1, 0.15) is 40.5 Å². The van der Waals surface area contributed by atoms with Gasteiger partial charge in [-0.3, -0.25) is 4.79 Å². The molecular formula is C13H23N3O3. The number of hydrazone groups is 1. The predicted molar refractivity (Wildman–Crippen MR) is 72.5 cm³/mol. The molecule has 1 aliphatic carbocycles. The Morgan fingerprint density at radius 1 is 1.37 bits per heavy atom. The van der Waals surface area contributed by atoms with Gasteiger partial charge >= 0.3 is 12.0 Å². The summed E-state index contributed by atoms with van der Waals surface area (Å²) < 4.78 is 4.87. The number of methoxy groups -OCH3 is 1. The molecule has 2 amide bonds. The number of amides is 2. The zero-order valence-corrected chi connectivity index (χ0v) is 12.2. The van der Waals surface area contributed by atoms with Crippen molar-refractivity contribution < 1.29 is 14.3 Å². The van der Waals surface area contributed by atoms with Gasteiger partial charge in [0.05, 0.1) is 13.0 Å². The largest absolute Gasteiger partial charge is 0.469 e. The molecule has 1 fully saturated rings. The second-order valence-corrected chi connectivity index (χ2v) is 5.84. The SMILES string of the molecule is COC(=O)[C@H]1CC[C@@](C)(/C(C)=N/NC(N)=O)C1(C)C. The van der Waals surface area contributed by atoms with Crippen molar-refractivity contribution in [1.29, 1.82) is 0 Å². The number of rotatable bonds is 3. The topological polar surface area (TPSA) is 93.8 Å². The summed E-state index contributed by atoms with van der Waals surface area (Å²) in [5.41, 5.74) is 7.45. The van der Waals surface area contributed by atoms with E-state index >= 15 is 0 Å². The molecule has 2 atom stereocenters. The lowest BCUT2D eigenvalue weighted by Gasteiger charge is -2.40. The fraction of sp³-hybridized carbons (Fsp3) is 0.769. The summed E-state index contributed by atoms with van der Waals surface area (Å²) in [7, 11) is 1.41. The maximum absolute atomic E-state index is 11.9. The van der Waals surface area contributed by atoms with Crippen molar-refractivity contribution in [3.8, 4) is 0 Å². The lowest BCUT2D eigenvalue weighted by molar-refractivity contribution is -0.149. The monoisotopic (exact) mass is 269 g/mol. The summed E-state index contributed by atoms with van der Waals surface area (Å²) in [6, 6.07) is -0.691.